The van der Waals surface area contributed by atoms with Crippen LogP contribution >= 0.6 is 11.6 Å². The Bertz CT molecular complexity index is 1300. The van der Waals surface area contributed by atoms with Crippen molar-refractivity contribution in [2.45, 2.75) is 24.7 Å². The van der Waals surface area contributed by atoms with E-state index in [4.69, 9.17) is 21.5 Å². The maximum absolute atomic E-state index is 12.2. The molecule has 0 atom stereocenters. The van der Waals surface area contributed by atoms with Crippen LogP contribution in [-0.2, 0) is 32.4 Å². The number of sulfonamides is 1. The molecule has 0 fully saturated rings. The second-order valence-corrected chi connectivity index (χ2v) is 8.84. The Morgan fingerprint density at radius 2 is 2.03 bits per heavy atom. The predicted molar refractivity (Wildman–Crippen MR) is 116 cm³/mol. The molecule has 3 aromatic rings. The zero-order valence-corrected chi connectivity index (χ0v) is 17.8. The number of primary sulfonamides is 1. The number of rotatable bonds is 5. The van der Waals surface area contributed by atoms with Gasteiger partial charge in [-0.2, -0.15) is 0 Å². The normalized spacial score (nSPS) is 13.8. The van der Waals surface area contributed by atoms with E-state index < -0.39 is 10.0 Å². The molecule has 30 heavy (non-hydrogen) atoms. The molecule has 156 valence electrons. The second kappa shape index (κ2) is 7.86. The average Bonchev–Trinajstić information content (AvgIpc) is 3.02. The van der Waals surface area contributed by atoms with Crippen LogP contribution in [0.5, 0.6) is 0 Å². The molecule has 2 N–H and O–H groups in total. The van der Waals surface area contributed by atoms with Crippen molar-refractivity contribution in [3.63, 3.8) is 0 Å². The second-order valence-electron chi connectivity index (χ2n) is 6.91. The summed E-state index contributed by atoms with van der Waals surface area (Å²) in [5.41, 5.74) is 3.32. The zero-order valence-electron chi connectivity index (χ0n) is 16.3. The van der Waals surface area contributed by atoms with Crippen LogP contribution < -0.4 is 5.14 Å². The van der Waals surface area contributed by atoms with E-state index in [-0.39, 0.29) is 22.3 Å². The van der Waals surface area contributed by atoms with Gasteiger partial charge in [-0.3, -0.25) is 14.4 Å². The van der Waals surface area contributed by atoms with Gasteiger partial charge in [0.25, 0.3) is 0 Å². The lowest BCUT2D eigenvalue weighted by Crippen LogP contribution is -2.23. The average molecular weight is 446 g/mol. The number of aliphatic imine (C=N–C) groups is 1. The van der Waals surface area contributed by atoms with Crippen molar-refractivity contribution < 1.29 is 17.9 Å². The Morgan fingerprint density at radius 1 is 1.27 bits per heavy atom. The Balaban J connectivity index is 1.91. The quantitative estimate of drug-likeness (QED) is 0.609. The SMILES string of the molecule is CCOC(=O)Cc1c2n(c3ccccc13)C(c1ccc(Cl)c(S(N)(=O)=O)c1)=NCC2. The van der Waals surface area contributed by atoms with Crippen LogP contribution in [-0.4, -0.2) is 37.9 Å². The summed E-state index contributed by atoms with van der Waals surface area (Å²) in [5.74, 6) is 0.299. The van der Waals surface area contributed by atoms with E-state index in [1.165, 1.54) is 12.1 Å². The fraction of sp³-hybridized carbons (Fsp3) is 0.238. The lowest BCUT2D eigenvalue weighted by atomic mass is 10.1. The topological polar surface area (TPSA) is 104 Å². The zero-order chi connectivity index (χ0) is 21.5. The van der Waals surface area contributed by atoms with Crippen LogP contribution in [0.3, 0.4) is 0 Å². The summed E-state index contributed by atoms with van der Waals surface area (Å²) in [5, 5.41) is 6.31. The minimum Gasteiger partial charge on any atom is -0.466 e. The van der Waals surface area contributed by atoms with Gasteiger partial charge in [0.2, 0.25) is 10.0 Å². The summed E-state index contributed by atoms with van der Waals surface area (Å²) >= 11 is 6.05. The molecular weight excluding hydrogens is 426 g/mol. The van der Waals surface area contributed by atoms with Crippen LogP contribution in [0.1, 0.15) is 23.7 Å². The van der Waals surface area contributed by atoms with Crippen molar-refractivity contribution in [1.29, 1.82) is 0 Å². The number of para-hydroxylation sites is 1. The van der Waals surface area contributed by atoms with Gasteiger partial charge in [-0.25, -0.2) is 13.6 Å². The Labute approximate surface area is 179 Å². The number of aromatic nitrogens is 1. The first-order chi connectivity index (χ1) is 14.3. The molecule has 7 nitrogen and oxygen atoms in total. The third kappa shape index (κ3) is 3.62. The van der Waals surface area contributed by atoms with E-state index in [1.54, 1.807) is 13.0 Å². The monoisotopic (exact) mass is 445 g/mol. The minimum absolute atomic E-state index is 0.0539. The Hall–Kier alpha value is -2.68. The minimum atomic E-state index is -3.99. The number of benzene rings is 2. The fourth-order valence-corrected chi connectivity index (χ4v) is 4.91. The first-order valence-corrected chi connectivity index (χ1v) is 11.4. The van der Waals surface area contributed by atoms with E-state index in [0.717, 1.165) is 22.2 Å². The molecule has 9 heteroatoms. The lowest BCUT2D eigenvalue weighted by molar-refractivity contribution is -0.142. The molecule has 0 saturated carbocycles. The molecular formula is C21H20ClN3O4S. The maximum Gasteiger partial charge on any atom is 0.310 e. The number of carbonyl (C=O) groups is 1. The molecule has 0 radical (unpaired) electrons. The number of carbonyl (C=O) groups excluding carboxylic acids is 1. The van der Waals surface area contributed by atoms with Crippen LogP contribution in [0.15, 0.2) is 52.4 Å². The van der Waals surface area contributed by atoms with E-state index in [0.29, 0.717) is 31.0 Å². The van der Waals surface area contributed by atoms with Gasteiger partial charge in [-0.05, 0) is 36.8 Å². The highest BCUT2D eigenvalue weighted by molar-refractivity contribution is 7.89. The predicted octanol–water partition coefficient (Wildman–Crippen LogP) is 2.90. The highest BCUT2D eigenvalue weighted by Gasteiger charge is 2.26. The Morgan fingerprint density at radius 3 is 2.77 bits per heavy atom. The molecule has 0 spiro atoms. The molecule has 0 bridgehead atoms. The van der Waals surface area contributed by atoms with Crippen LogP contribution in [0.2, 0.25) is 5.02 Å². The van der Waals surface area contributed by atoms with E-state index in [9.17, 15) is 13.2 Å². The van der Waals surface area contributed by atoms with Gasteiger partial charge in [0, 0.05) is 29.6 Å². The van der Waals surface area contributed by atoms with E-state index in [1.807, 2.05) is 28.8 Å². The summed E-state index contributed by atoms with van der Waals surface area (Å²) < 4.78 is 31.0. The third-order valence-electron chi connectivity index (χ3n) is 5.03. The number of fused-ring (bicyclic) bond motifs is 3. The summed E-state index contributed by atoms with van der Waals surface area (Å²) in [7, 11) is -3.99. The van der Waals surface area contributed by atoms with Crippen molar-refractivity contribution in [1.82, 2.24) is 4.57 Å². The van der Waals surface area contributed by atoms with Gasteiger partial charge in [0.1, 0.15) is 10.7 Å². The van der Waals surface area contributed by atoms with Gasteiger partial charge in [0.05, 0.1) is 23.6 Å². The smallest absolute Gasteiger partial charge is 0.310 e. The Kier molecular flexibility index (Phi) is 5.40. The van der Waals surface area contributed by atoms with Gasteiger partial charge in [-0.15, -0.1) is 0 Å². The number of hydrogen-bond donors (Lipinski definition) is 1. The molecule has 0 unspecified atom stereocenters. The van der Waals surface area contributed by atoms with Crippen molar-refractivity contribution in [2.75, 3.05) is 13.2 Å². The molecule has 0 aliphatic carbocycles. The molecule has 1 aliphatic rings. The number of esters is 1. The highest BCUT2D eigenvalue weighted by atomic mass is 35.5. The standard InChI is InChI=1S/C21H20ClN3O4S/c1-2-29-20(26)12-15-14-5-3-4-6-17(14)25-18(15)9-10-24-21(25)13-7-8-16(22)19(11-13)30(23,27)28/h3-8,11H,2,9-10,12H2,1H3,(H2,23,27,28). The largest absolute Gasteiger partial charge is 0.466 e. The number of hydrogen-bond acceptors (Lipinski definition) is 5. The van der Waals surface area contributed by atoms with Crippen LogP contribution in [0.25, 0.3) is 10.9 Å². The van der Waals surface area contributed by atoms with Crippen molar-refractivity contribution in [3.05, 3.63) is 64.3 Å². The maximum atomic E-state index is 12.2. The van der Waals surface area contributed by atoms with Gasteiger partial charge in [-0.1, -0.05) is 29.8 Å². The lowest BCUT2D eigenvalue weighted by Gasteiger charge is -2.20. The fourth-order valence-electron chi connectivity index (χ4n) is 3.84. The first-order valence-electron chi connectivity index (χ1n) is 9.45. The first kappa shape index (κ1) is 20.6. The molecule has 2 aromatic carbocycles. The third-order valence-corrected chi connectivity index (χ3v) is 6.43. The number of nitrogens with two attached hydrogens (primary N) is 1. The number of halogens is 1. The van der Waals surface area contributed by atoms with Crippen molar-refractivity contribution in [2.24, 2.45) is 10.1 Å². The molecule has 2 heterocycles. The van der Waals surface area contributed by atoms with E-state index >= 15 is 0 Å². The molecule has 1 aliphatic heterocycles. The van der Waals surface area contributed by atoms with Gasteiger partial charge >= 0.3 is 5.97 Å². The molecule has 0 amide bonds. The van der Waals surface area contributed by atoms with Crippen molar-refractivity contribution in [3.8, 4) is 0 Å². The summed E-state index contributed by atoms with van der Waals surface area (Å²) in [6.45, 7) is 2.61. The summed E-state index contributed by atoms with van der Waals surface area (Å²) in [4.78, 5) is 16.7. The molecule has 4 rings (SSSR count). The van der Waals surface area contributed by atoms with Crippen LogP contribution in [0, 0.1) is 0 Å². The number of ether oxygens (including phenoxy) is 1. The highest BCUT2D eigenvalue weighted by Crippen LogP contribution is 2.31. The van der Waals surface area contributed by atoms with Gasteiger partial charge in [0.15, 0.2) is 0 Å². The molecule has 1 aromatic heterocycles. The van der Waals surface area contributed by atoms with E-state index in [2.05, 4.69) is 4.99 Å². The number of nitrogens with zero attached hydrogens (tertiary/aromatic N) is 2. The summed E-state index contributed by atoms with van der Waals surface area (Å²) in [6.07, 6.45) is 0.815. The van der Waals surface area contributed by atoms with Crippen LogP contribution in [0.4, 0.5) is 0 Å². The summed E-state index contributed by atoms with van der Waals surface area (Å²) in [6, 6.07) is 12.4. The van der Waals surface area contributed by atoms with Gasteiger partial charge < -0.3 is 4.74 Å². The molecule has 0 saturated heterocycles. The van der Waals surface area contributed by atoms with Crippen molar-refractivity contribution >= 4 is 44.3 Å².